The van der Waals surface area contributed by atoms with Crippen molar-refractivity contribution in [1.29, 1.82) is 0 Å². The summed E-state index contributed by atoms with van der Waals surface area (Å²) in [6, 6.07) is 16.7. The summed E-state index contributed by atoms with van der Waals surface area (Å²) in [5.74, 6) is 1.35. The molecule has 7 nitrogen and oxygen atoms in total. The van der Waals surface area contributed by atoms with E-state index >= 15 is 0 Å². The minimum absolute atomic E-state index is 0.0854. The van der Waals surface area contributed by atoms with Gasteiger partial charge < -0.3 is 20.2 Å². The highest BCUT2D eigenvalue weighted by Crippen LogP contribution is 2.33. The molecule has 1 unspecified atom stereocenters. The molecule has 2 aromatic heterocycles. The molecule has 2 heterocycles. The number of amides is 1. The number of nitrogens with one attached hydrogen (secondary N) is 2. The molecule has 0 saturated heterocycles. The molecule has 2 aromatic carbocycles. The zero-order chi connectivity index (χ0) is 23.5. The topological polar surface area (TPSA) is 100 Å². The van der Waals surface area contributed by atoms with Crippen molar-refractivity contribution in [3.8, 4) is 11.3 Å². The summed E-state index contributed by atoms with van der Waals surface area (Å²) < 4.78 is 5.65. The van der Waals surface area contributed by atoms with E-state index in [4.69, 9.17) is 9.52 Å². The Hall–Kier alpha value is -3.71. The number of carbonyl (C=O) groups is 1. The van der Waals surface area contributed by atoms with Crippen LogP contribution in [0.1, 0.15) is 41.4 Å². The van der Waals surface area contributed by atoms with E-state index in [1.807, 2.05) is 31.2 Å². The average Bonchev–Trinajstić information content (AvgIpc) is 3.24. The fourth-order valence-corrected chi connectivity index (χ4v) is 4.68. The summed E-state index contributed by atoms with van der Waals surface area (Å²) in [5.41, 5.74) is 6.02. The first kappa shape index (κ1) is 22.1. The van der Waals surface area contributed by atoms with Crippen LogP contribution in [0.3, 0.4) is 0 Å². The fourth-order valence-electron chi connectivity index (χ4n) is 4.68. The van der Waals surface area contributed by atoms with E-state index in [1.54, 1.807) is 6.26 Å². The summed E-state index contributed by atoms with van der Waals surface area (Å²) in [6.07, 6.45) is 5.14. The van der Waals surface area contributed by atoms with Crippen LogP contribution in [0.5, 0.6) is 0 Å². The summed E-state index contributed by atoms with van der Waals surface area (Å²) in [4.78, 5) is 21.5. The third-order valence-corrected chi connectivity index (χ3v) is 6.26. The molecule has 7 heteroatoms. The van der Waals surface area contributed by atoms with Crippen molar-refractivity contribution < 1.29 is 14.3 Å². The molecule has 5 rings (SSSR count). The van der Waals surface area contributed by atoms with Gasteiger partial charge in [-0.1, -0.05) is 24.3 Å². The average molecular weight is 457 g/mol. The summed E-state index contributed by atoms with van der Waals surface area (Å²) >= 11 is 0. The molecule has 0 aliphatic heterocycles. The van der Waals surface area contributed by atoms with Crippen molar-refractivity contribution in [2.24, 2.45) is 0 Å². The summed E-state index contributed by atoms with van der Waals surface area (Å²) in [6.45, 7) is 2.05. The van der Waals surface area contributed by atoms with Crippen LogP contribution in [-0.4, -0.2) is 34.1 Å². The molecule has 34 heavy (non-hydrogen) atoms. The molecule has 0 spiro atoms. The van der Waals surface area contributed by atoms with E-state index in [0.717, 1.165) is 52.9 Å². The van der Waals surface area contributed by atoms with Crippen molar-refractivity contribution >= 4 is 22.7 Å². The lowest BCUT2D eigenvalue weighted by atomic mass is 9.88. The third-order valence-electron chi connectivity index (χ3n) is 6.26. The van der Waals surface area contributed by atoms with Gasteiger partial charge >= 0.3 is 0 Å². The smallest absolute Gasteiger partial charge is 0.224 e. The van der Waals surface area contributed by atoms with Crippen LogP contribution in [0.2, 0.25) is 0 Å². The largest absolute Gasteiger partial charge is 0.464 e. The van der Waals surface area contributed by atoms with E-state index in [-0.39, 0.29) is 31.5 Å². The van der Waals surface area contributed by atoms with Gasteiger partial charge in [-0.25, -0.2) is 9.97 Å². The van der Waals surface area contributed by atoms with Gasteiger partial charge in [0.25, 0.3) is 0 Å². The van der Waals surface area contributed by atoms with Gasteiger partial charge in [0.15, 0.2) is 0 Å². The van der Waals surface area contributed by atoms with Gasteiger partial charge in [-0.2, -0.15) is 0 Å². The normalized spacial score (nSPS) is 15.2. The molecule has 1 aliphatic rings. The Labute approximate surface area is 198 Å². The van der Waals surface area contributed by atoms with Gasteiger partial charge in [0.1, 0.15) is 17.2 Å². The Kier molecular flexibility index (Phi) is 6.27. The number of hydrogen-bond donors (Lipinski definition) is 3. The van der Waals surface area contributed by atoms with Gasteiger partial charge in [-0.15, -0.1) is 0 Å². The van der Waals surface area contributed by atoms with Crippen LogP contribution in [0, 0.1) is 6.92 Å². The number of aromatic nitrogens is 2. The molecule has 3 N–H and O–H groups in total. The van der Waals surface area contributed by atoms with Gasteiger partial charge in [0.2, 0.25) is 5.91 Å². The number of nitrogens with zero attached hydrogens (tertiary/aromatic N) is 2. The zero-order valence-electron chi connectivity index (χ0n) is 19.2. The highest BCUT2D eigenvalue weighted by atomic mass is 16.3. The minimum Gasteiger partial charge on any atom is -0.464 e. The second-order valence-electron chi connectivity index (χ2n) is 8.70. The van der Waals surface area contributed by atoms with Crippen molar-refractivity contribution in [2.45, 2.75) is 38.6 Å². The first-order chi connectivity index (χ1) is 16.6. The third kappa shape index (κ3) is 4.65. The van der Waals surface area contributed by atoms with Crippen molar-refractivity contribution in [2.75, 3.05) is 18.5 Å². The Balaban J connectivity index is 1.43. The number of anilines is 1. The number of aryl methyl sites for hydroxylation is 2. The van der Waals surface area contributed by atoms with E-state index in [0.29, 0.717) is 5.82 Å². The molecule has 174 valence electrons. The Morgan fingerprint density at radius 1 is 1.18 bits per heavy atom. The van der Waals surface area contributed by atoms with Crippen molar-refractivity contribution in [1.82, 2.24) is 15.3 Å². The van der Waals surface area contributed by atoms with Gasteiger partial charge in [0, 0.05) is 29.1 Å². The molecule has 4 aromatic rings. The zero-order valence-corrected chi connectivity index (χ0v) is 19.2. The molecule has 0 bridgehead atoms. The Bertz CT molecular complexity index is 1330. The van der Waals surface area contributed by atoms with Gasteiger partial charge in [0.05, 0.1) is 31.0 Å². The molecule has 1 aliphatic carbocycles. The van der Waals surface area contributed by atoms with Crippen LogP contribution < -0.4 is 10.6 Å². The number of hydrogen-bond acceptors (Lipinski definition) is 6. The number of rotatable bonds is 7. The number of benzene rings is 2. The SMILES string of the molecule is Cc1nc(NC2CCCc3ccccc32)cc(-c2ccc3occ(CC(=O)NCCO)c3c2)n1. The first-order valence-corrected chi connectivity index (χ1v) is 11.7. The van der Waals surface area contributed by atoms with E-state index in [2.05, 4.69) is 44.9 Å². The van der Waals surface area contributed by atoms with Gasteiger partial charge in [-0.3, -0.25) is 4.79 Å². The van der Waals surface area contributed by atoms with Crippen LogP contribution >= 0.6 is 0 Å². The molecule has 1 atom stereocenters. The first-order valence-electron chi connectivity index (χ1n) is 11.7. The number of fused-ring (bicyclic) bond motifs is 2. The predicted molar refractivity (Wildman–Crippen MR) is 132 cm³/mol. The van der Waals surface area contributed by atoms with Gasteiger partial charge in [-0.05, 0) is 55.5 Å². The number of aliphatic hydroxyl groups is 1. The van der Waals surface area contributed by atoms with Crippen LogP contribution in [0.25, 0.3) is 22.2 Å². The van der Waals surface area contributed by atoms with E-state index < -0.39 is 0 Å². The van der Waals surface area contributed by atoms with E-state index in [9.17, 15) is 4.79 Å². The molecule has 0 saturated carbocycles. The number of furan rings is 1. The fraction of sp³-hybridized carbons (Fsp3) is 0.296. The molecule has 0 fully saturated rings. The monoisotopic (exact) mass is 456 g/mol. The number of carbonyl (C=O) groups excluding carboxylic acids is 1. The lowest BCUT2D eigenvalue weighted by Gasteiger charge is -2.27. The maximum Gasteiger partial charge on any atom is 0.224 e. The Morgan fingerprint density at radius 3 is 2.94 bits per heavy atom. The molecule has 0 radical (unpaired) electrons. The van der Waals surface area contributed by atoms with E-state index in [1.165, 1.54) is 11.1 Å². The van der Waals surface area contributed by atoms with Crippen molar-refractivity contribution in [3.05, 3.63) is 77.3 Å². The summed E-state index contributed by atoms with van der Waals surface area (Å²) in [7, 11) is 0. The predicted octanol–water partition coefficient (Wildman–Crippen LogP) is 4.34. The standard InChI is InChI=1S/C27H28N4O3/c1-17-29-24(15-26(30-17)31-23-8-4-6-18-5-2-3-7-21(18)23)19-9-10-25-22(13-19)20(16-34-25)14-27(33)28-11-12-32/h2-3,5,7,9-10,13,15-16,23,32H,4,6,8,11-12,14H2,1H3,(H,28,33)(H,29,30,31). The molecular formula is C27H28N4O3. The minimum atomic E-state index is -0.153. The second kappa shape index (κ2) is 9.65. The lowest BCUT2D eigenvalue weighted by Crippen LogP contribution is -2.27. The second-order valence-corrected chi connectivity index (χ2v) is 8.70. The van der Waals surface area contributed by atoms with Crippen LogP contribution in [-0.2, 0) is 17.6 Å². The highest BCUT2D eigenvalue weighted by Gasteiger charge is 2.20. The van der Waals surface area contributed by atoms with Crippen molar-refractivity contribution in [3.63, 3.8) is 0 Å². The molecule has 1 amide bonds. The Morgan fingerprint density at radius 2 is 2.06 bits per heavy atom. The maximum atomic E-state index is 12.1. The van der Waals surface area contributed by atoms with Crippen LogP contribution in [0.15, 0.2) is 59.2 Å². The molecular weight excluding hydrogens is 428 g/mol. The number of aliphatic hydroxyl groups excluding tert-OH is 1. The van der Waals surface area contributed by atoms with Crippen LogP contribution in [0.4, 0.5) is 5.82 Å². The summed E-state index contributed by atoms with van der Waals surface area (Å²) in [5, 5.41) is 16.1. The quantitative estimate of drug-likeness (QED) is 0.383. The lowest BCUT2D eigenvalue weighted by molar-refractivity contribution is -0.120. The highest BCUT2D eigenvalue weighted by molar-refractivity contribution is 5.90. The maximum absolute atomic E-state index is 12.1.